The summed E-state index contributed by atoms with van der Waals surface area (Å²) in [5.41, 5.74) is -0.0926. The van der Waals surface area contributed by atoms with E-state index in [-0.39, 0.29) is 5.43 Å². The number of rotatable bonds is 0. The Morgan fingerprint density at radius 1 is 0.824 bits per heavy atom. The van der Waals surface area contributed by atoms with Crippen LogP contribution in [0.1, 0.15) is 0 Å². The smallest absolute Gasteiger partial charge is 0.198 e. The summed E-state index contributed by atoms with van der Waals surface area (Å²) in [4.78, 5) is 12.4. The molecular weight excluding hydrogens is 275 g/mol. The summed E-state index contributed by atoms with van der Waals surface area (Å²) < 4.78 is 1.77. The monoisotopic (exact) mass is 280 g/mol. The average Bonchev–Trinajstić information content (AvgIpc) is 2.28. The Balaban J connectivity index is 2.69. The molecule has 84 valence electrons. The van der Waals surface area contributed by atoms with Gasteiger partial charge in [0, 0.05) is 9.40 Å². The fourth-order valence-corrected chi connectivity index (χ4v) is 3.64. The van der Waals surface area contributed by atoms with Crippen LogP contribution >= 0.6 is 34.5 Å². The lowest BCUT2D eigenvalue weighted by Gasteiger charge is -2.03. The third-order valence-corrected chi connectivity index (χ3v) is 4.37. The van der Waals surface area contributed by atoms with Gasteiger partial charge in [0.15, 0.2) is 5.43 Å². The molecule has 0 spiro atoms. The second-order valence-electron chi connectivity index (χ2n) is 3.66. The Kier molecular flexibility index (Phi) is 2.58. The second-order valence-corrected chi connectivity index (χ2v) is 5.56. The lowest BCUT2D eigenvalue weighted by Crippen LogP contribution is -2.02. The van der Waals surface area contributed by atoms with Crippen molar-refractivity contribution in [3.05, 3.63) is 56.7 Å². The summed E-state index contributed by atoms with van der Waals surface area (Å²) >= 11 is 13.7. The Morgan fingerprint density at radius 2 is 1.29 bits per heavy atom. The Labute approximate surface area is 111 Å². The number of hydrogen-bond donors (Lipinski definition) is 0. The van der Waals surface area contributed by atoms with E-state index >= 15 is 0 Å². The molecule has 1 nitrogen and oxygen atoms in total. The molecule has 0 N–H and O–H groups in total. The molecular formula is C13H6Cl2OS. The fourth-order valence-electron chi connectivity index (χ4n) is 1.86. The van der Waals surface area contributed by atoms with Crippen molar-refractivity contribution in [3.8, 4) is 0 Å². The van der Waals surface area contributed by atoms with Gasteiger partial charge in [-0.1, -0.05) is 35.3 Å². The minimum Gasteiger partial charge on any atom is -0.288 e. The Hall–Kier alpha value is -1.09. The van der Waals surface area contributed by atoms with E-state index in [9.17, 15) is 4.79 Å². The first-order valence-electron chi connectivity index (χ1n) is 4.98. The normalized spacial score (nSPS) is 11.2. The van der Waals surface area contributed by atoms with Gasteiger partial charge in [-0.2, -0.15) is 0 Å². The first-order chi connectivity index (χ1) is 8.18. The molecule has 0 amide bonds. The van der Waals surface area contributed by atoms with Crippen LogP contribution in [0.25, 0.3) is 20.2 Å². The maximum atomic E-state index is 12.4. The molecule has 0 saturated carbocycles. The molecule has 1 heterocycles. The van der Waals surface area contributed by atoms with Crippen LogP contribution in [-0.4, -0.2) is 0 Å². The summed E-state index contributed by atoms with van der Waals surface area (Å²) in [6, 6.07) is 10.9. The van der Waals surface area contributed by atoms with E-state index in [4.69, 9.17) is 23.2 Å². The minimum atomic E-state index is -0.0926. The van der Waals surface area contributed by atoms with Gasteiger partial charge in [0.1, 0.15) is 0 Å². The maximum Gasteiger partial charge on any atom is 0.198 e. The number of halogens is 2. The van der Waals surface area contributed by atoms with Crippen LogP contribution in [0, 0.1) is 0 Å². The standard InChI is InChI=1S/C13H6Cl2OS/c14-7-3-1-5-9-11(7)13(16)12-8(15)4-2-6-10(12)17-9/h1-6H. The van der Waals surface area contributed by atoms with Crippen molar-refractivity contribution >= 4 is 54.7 Å². The van der Waals surface area contributed by atoms with Crippen molar-refractivity contribution in [2.75, 3.05) is 0 Å². The number of fused-ring (bicyclic) bond motifs is 2. The quantitative estimate of drug-likeness (QED) is 0.545. The molecule has 0 bridgehead atoms. The van der Waals surface area contributed by atoms with Crippen molar-refractivity contribution in [1.82, 2.24) is 0 Å². The average molecular weight is 281 g/mol. The molecule has 0 saturated heterocycles. The van der Waals surface area contributed by atoms with Crippen molar-refractivity contribution in [2.24, 2.45) is 0 Å². The van der Waals surface area contributed by atoms with Crippen LogP contribution in [0.15, 0.2) is 41.2 Å². The first kappa shape index (κ1) is 11.0. The van der Waals surface area contributed by atoms with Gasteiger partial charge in [-0.3, -0.25) is 4.79 Å². The first-order valence-corrected chi connectivity index (χ1v) is 6.55. The molecule has 17 heavy (non-hydrogen) atoms. The SMILES string of the molecule is O=c1c2c(Cl)cccc2sc2cccc(Cl)c12. The van der Waals surface area contributed by atoms with E-state index in [1.807, 2.05) is 24.3 Å². The summed E-state index contributed by atoms with van der Waals surface area (Å²) in [6.45, 7) is 0. The van der Waals surface area contributed by atoms with E-state index in [1.165, 1.54) is 11.3 Å². The van der Waals surface area contributed by atoms with E-state index in [2.05, 4.69) is 0 Å². The molecule has 2 aromatic carbocycles. The van der Waals surface area contributed by atoms with Crippen LogP contribution in [0.3, 0.4) is 0 Å². The van der Waals surface area contributed by atoms with Crippen molar-refractivity contribution < 1.29 is 0 Å². The summed E-state index contributed by atoms with van der Waals surface area (Å²) in [5, 5.41) is 2.07. The molecule has 0 atom stereocenters. The van der Waals surface area contributed by atoms with E-state index < -0.39 is 0 Å². The molecule has 1 aromatic heterocycles. The number of hydrogen-bond acceptors (Lipinski definition) is 2. The highest BCUT2D eigenvalue weighted by molar-refractivity contribution is 7.24. The number of benzene rings is 2. The Morgan fingerprint density at radius 3 is 1.76 bits per heavy atom. The molecule has 4 heteroatoms. The Bertz CT molecular complexity index is 729. The summed E-state index contributed by atoms with van der Waals surface area (Å²) in [6.07, 6.45) is 0. The molecule has 3 rings (SSSR count). The predicted octanol–water partition coefficient (Wildman–Crippen LogP) is 4.72. The predicted molar refractivity (Wildman–Crippen MR) is 75.6 cm³/mol. The second kappa shape index (κ2) is 3.98. The van der Waals surface area contributed by atoms with Crippen molar-refractivity contribution in [2.45, 2.75) is 0 Å². The molecule has 0 aliphatic carbocycles. The molecule has 0 aliphatic rings. The van der Waals surface area contributed by atoms with Gasteiger partial charge in [0.25, 0.3) is 0 Å². The van der Waals surface area contributed by atoms with Gasteiger partial charge in [0.2, 0.25) is 0 Å². The maximum absolute atomic E-state index is 12.4. The summed E-state index contributed by atoms with van der Waals surface area (Å²) in [5.74, 6) is 0. The van der Waals surface area contributed by atoms with Gasteiger partial charge in [-0.15, -0.1) is 11.3 Å². The third kappa shape index (κ3) is 1.64. The van der Waals surface area contributed by atoms with Gasteiger partial charge >= 0.3 is 0 Å². The summed E-state index contributed by atoms with van der Waals surface area (Å²) in [7, 11) is 0. The van der Waals surface area contributed by atoms with Crippen LogP contribution < -0.4 is 5.43 Å². The topological polar surface area (TPSA) is 17.1 Å². The zero-order valence-electron chi connectivity index (χ0n) is 8.54. The van der Waals surface area contributed by atoms with Crippen molar-refractivity contribution in [3.63, 3.8) is 0 Å². The van der Waals surface area contributed by atoms with E-state index in [0.29, 0.717) is 20.8 Å². The van der Waals surface area contributed by atoms with Gasteiger partial charge in [0.05, 0.1) is 20.8 Å². The lowest BCUT2D eigenvalue weighted by molar-refractivity contribution is 1.74. The van der Waals surface area contributed by atoms with Crippen LogP contribution in [0.2, 0.25) is 10.0 Å². The van der Waals surface area contributed by atoms with Crippen LogP contribution in [0.5, 0.6) is 0 Å². The van der Waals surface area contributed by atoms with Gasteiger partial charge in [-0.05, 0) is 24.3 Å². The van der Waals surface area contributed by atoms with E-state index in [0.717, 1.165) is 9.40 Å². The largest absolute Gasteiger partial charge is 0.288 e. The van der Waals surface area contributed by atoms with Crippen LogP contribution in [0.4, 0.5) is 0 Å². The highest BCUT2D eigenvalue weighted by atomic mass is 35.5. The lowest BCUT2D eigenvalue weighted by atomic mass is 10.2. The van der Waals surface area contributed by atoms with Crippen LogP contribution in [-0.2, 0) is 0 Å². The molecule has 3 aromatic rings. The highest BCUT2D eigenvalue weighted by Crippen LogP contribution is 2.31. The highest BCUT2D eigenvalue weighted by Gasteiger charge is 2.10. The minimum absolute atomic E-state index is 0.0926. The third-order valence-electron chi connectivity index (χ3n) is 2.62. The zero-order valence-corrected chi connectivity index (χ0v) is 10.9. The fraction of sp³-hybridized carbons (Fsp3) is 0. The zero-order chi connectivity index (χ0) is 12.0. The van der Waals surface area contributed by atoms with E-state index in [1.54, 1.807) is 12.1 Å². The molecule has 0 radical (unpaired) electrons. The van der Waals surface area contributed by atoms with Gasteiger partial charge in [-0.25, -0.2) is 0 Å². The molecule has 0 aliphatic heterocycles. The van der Waals surface area contributed by atoms with Crippen molar-refractivity contribution in [1.29, 1.82) is 0 Å². The molecule has 0 fully saturated rings. The van der Waals surface area contributed by atoms with Gasteiger partial charge < -0.3 is 0 Å². The molecule has 0 unspecified atom stereocenters.